The van der Waals surface area contributed by atoms with Gasteiger partial charge in [0.2, 0.25) is 0 Å². The molecule has 70 valence electrons. The summed E-state index contributed by atoms with van der Waals surface area (Å²) in [5, 5.41) is 0. The Morgan fingerprint density at radius 1 is 1.50 bits per heavy atom. The Kier molecular flexibility index (Phi) is 5.57. The smallest absolute Gasteiger partial charge is 0.169 e. The summed E-state index contributed by atoms with van der Waals surface area (Å²) in [7, 11) is 0. The van der Waals surface area contributed by atoms with Crippen LogP contribution in [-0.2, 0) is 0 Å². The molecule has 0 bridgehead atoms. The molecular weight excluding hydrogens is 243 g/mol. The predicted molar refractivity (Wildman–Crippen MR) is 54.3 cm³/mol. The minimum Gasteiger partial charge on any atom is -0.453 e. The van der Waals surface area contributed by atoms with Gasteiger partial charge < -0.3 is 15.9 Å². The largest absolute Gasteiger partial charge is 0.453 e. The predicted octanol–water partition coefficient (Wildman–Crippen LogP) is 1.81. The van der Waals surface area contributed by atoms with Crippen molar-refractivity contribution < 1.29 is 4.42 Å². The third kappa shape index (κ3) is 3.15. The fourth-order valence-electron chi connectivity index (χ4n) is 0.849. The molecule has 4 N–H and O–H groups in total. The maximum Gasteiger partial charge on any atom is 0.169 e. The highest BCUT2D eigenvalue weighted by Gasteiger charge is 2.08. The topological polar surface area (TPSA) is 65.2 Å². The highest BCUT2D eigenvalue weighted by molar-refractivity contribution is 9.10. The van der Waals surface area contributed by atoms with Crippen molar-refractivity contribution in [3.05, 3.63) is 22.6 Å². The molecule has 1 atom stereocenters. The van der Waals surface area contributed by atoms with Gasteiger partial charge in [-0.15, -0.1) is 12.4 Å². The minimum atomic E-state index is -0.0775. The maximum atomic E-state index is 5.72. The molecule has 5 heteroatoms. The van der Waals surface area contributed by atoms with Crippen LogP contribution in [0.4, 0.5) is 0 Å². The molecule has 0 radical (unpaired) electrons. The maximum absolute atomic E-state index is 5.72. The molecule has 0 unspecified atom stereocenters. The van der Waals surface area contributed by atoms with Crippen molar-refractivity contribution in [3.8, 4) is 0 Å². The van der Waals surface area contributed by atoms with Gasteiger partial charge in [-0.3, -0.25) is 0 Å². The van der Waals surface area contributed by atoms with Gasteiger partial charge in [0.1, 0.15) is 5.76 Å². The lowest BCUT2D eigenvalue weighted by Crippen LogP contribution is -2.14. The van der Waals surface area contributed by atoms with Crippen molar-refractivity contribution in [2.45, 2.75) is 12.5 Å². The standard InChI is InChI=1S/C7H11BrN2O.ClH/c8-7-2-1-6(11-7)5(10)3-4-9;/h1-2,5H,3-4,9-10H2;1H/t5-;/m0./s1. The first-order valence-corrected chi connectivity index (χ1v) is 4.24. The number of hydrogen-bond donors (Lipinski definition) is 2. The number of halogens is 2. The van der Waals surface area contributed by atoms with E-state index in [0.717, 1.165) is 12.2 Å². The minimum absolute atomic E-state index is 0. The van der Waals surface area contributed by atoms with E-state index in [2.05, 4.69) is 15.9 Å². The summed E-state index contributed by atoms with van der Waals surface area (Å²) in [5.74, 6) is 0.780. The van der Waals surface area contributed by atoms with Gasteiger partial charge in [-0.05, 0) is 41.0 Å². The van der Waals surface area contributed by atoms with Gasteiger partial charge in [0.15, 0.2) is 4.67 Å². The zero-order chi connectivity index (χ0) is 8.27. The summed E-state index contributed by atoms with van der Waals surface area (Å²) < 4.78 is 5.94. The van der Waals surface area contributed by atoms with E-state index < -0.39 is 0 Å². The van der Waals surface area contributed by atoms with Gasteiger partial charge >= 0.3 is 0 Å². The molecule has 1 rings (SSSR count). The van der Waals surface area contributed by atoms with Crippen molar-refractivity contribution in [3.63, 3.8) is 0 Å². The molecule has 1 aromatic heterocycles. The van der Waals surface area contributed by atoms with Gasteiger partial charge in [0.25, 0.3) is 0 Å². The molecule has 0 fully saturated rings. The SMILES string of the molecule is Cl.NCC[C@H](N)c1ccc(Br)o1. The first kappa shape index (κ1) is 12.0. The Morgan fingerprint density at radius 2 is 2.17 bits per heavy atom. The van der Waals surface area contributed by atoms with E-state index >= 15 is 0 Å². The molecule has 0 saturated heterocycles. The van der Waals surface area contributed by atoms with Crippen LogP contribution in [-0.4, -0.2) is 6.54 Å². The summed E-state index contributed by atoms with van der Waals surface area (Å²) in [4.78, 5) is 0. The quantitative estimate of drug-likeness (QED) is 0.866. The molecule has 1 aromatic rings. The lowest BCUT2D eigenvalue weighted by atomic mass is 10.2. The Balaban J connectivity index is 0.00000121. The summed E-state index contributed by atoms with van der Waals surface area (Å²) in [6, 6.07) is 3.60. The van der Waals surface area contributed by atoms with Crippen LogP contribution in [0.3, 0.4) is 0 Å². The molecule has 0 aliphatic rings. The van der Waals surface area contributed by atoms with E-state index in [1.165, 1.54) is 0 Å². The number of hydrogen-bond acceptors (Lipinski definition) is 3. The Hall–Kier alpha value is -0.0300. The van der Waals surface area contributed by atoms with E-state index in [-0.39, 0.29) is 18.4 Å². The van der Waals surface area contributed by atoms with Gasteiger partial charge in [-0.2, -0.15) is 0 Å². The summed E-state index contributed by atoms with van der Waals surface area (Å²) in [6.45, 7) is 0.583. The monoisotopic (exact) mass is 254 g/mol. The lowest BCUT2D eigenvalue weighted by molar-refractivity contribution is 0.439. The second-order valence-corrected chi connectivity index (χ2v) is 3.11. The van der Waals surface area contributed by atoms with Gasteiger partial charge in [0, 0.05) is 0 Å². The average molecular weight is 256 g/mol. The molecule has 3 nitrogen and oxygen atoms in total. The molecule has 0 spiro atoms. The van der Waals surface area contributed by atoms with Crippen LogP contribution in [0, 0.1) is 0 Å². The van der Waals surface area contributed by atoms with Crippen LogP contribution in [0.2, 0.25) is 0 Å². The first-order chi connectivity index (χ1) is 5.24. The zero-order valence-corrected chi connectivity index (χ0v) is 8.90. The van der Waals surface area contributed by atoms with Crippen molar-refractivity contribution in [2.24, 2.45) is 11.5 Å². The van der Waals surface area contributed by atoms with Crippen LogP contribution >= 0.6 is 28.3 Å². The molecule has 0 saturated carbocycles. The number of furan rings is 1. The Morgan fingerprint density at radius 3 is 2.58 bits per heavy atom. The molecule has 12 heavy (non-hydrogen) atoms. The third-order valence-corrected chi connectivity index (χ3v) is 1.86. The Labute approximate surface area is 86.0 Å². The van der Waals surface area contributed by atoms with Crippen LogP contribution in [0.15, 0.2) is 21.2 Å². The van der Waals surface area contributed by atoms with Crippen LogP contribution < -0.4 is 11.5 Å². The number of rotatable bonds is 3. The second kappa shape index (κ2) is 5.59. The van der Waals surface area contributed by atoms with Gasteiger partial charge in [0.05, 0.1) is 6.04 Å². The van der Waals surface area contributed by atoms with E-state index in [1.54, 1.807) is 0 Å². The first-order valence-electron chi connectivity index (χ1n) is 3.45. The fraction of sp³-hybridized carbons (Fsp3) is 0.429. The summed E-state index contributed by atoms with van der Waals surface area (Å²) in [6.07, 6.45) is 0.750. The molecule has 0 aliphatic carbocycles. The zero-order valence-electron chi connectivity index (χ0n) is 6.50. The lowest BCUT2D eigenvalue weighted by Gasteiger charge is -2.04. The molecule has 0 aromatic carbocycles. The summed E-state index contributed by atoms with van der Waals surface area (Å²) >= 11 is 3.20. The molecular formula is C7H12BrClN2O. The number of nitrogens with two attached hydrogens (primary N) is 2. The van der Waals surface area contributed by atoms with Crippen molar-refractivity contribution >= 4 is 28.3 Å². The van der Waals surface area contributed by atoms with Crippen molar-refractivity contribution in [1.29, 1.82) is 0 Å². The normalized spacial score (nSPS) is 12.2. The van der Waals surface area contributed by atoms with E-state index in [1.807, 2.05) is 12.1 Å². The molecule has 1 heterocycles. The molecule has 0 aliphatic heterocycles. The van der Waals surface area contributed by atoms with Crippen molar-refractivity contribution in [2.75, 3.05) is 6.54 Å². The summed E-state index contributed by atoms with van der Waals surface area (Å²) in [5.41, 5.74) is 11.1. The Bertz CT molecular complexity index is 229. The third-order valence-electron chi connectivity index (χ3n) is 1.44. The highest BCUT2D eigenvalue weighted by atomic mass is 79.9. The van der Waals surface area contributed by atoms with Gasteiger partial charge in [-0.1, -0.05) is 0 Å². The van der Waals surface area contributed by atoms with Crippen molar-refractivity contribution in [1.82, 2.24) is 0 Å². The van der Waals surface area contributed by atoms with Gasteiger partial charge in [-0.25, -0.2) is 0 Å². The van der Waals surface area contributed by atoms with E-state index in [0.29, 0.717) is 11.2 Å². The second-order valence-electron chi connectivity index (χ2n) is 2.33. The highest BCUT2D eigenvalue weighted by Crippen LogP contribution is 2.20. The van der Waals surface area contributed by atoms with Crippen LogP contribution in [0.25, 0.3) is 0 Å². The van der Waals surface area contributed by atoms with Crippen LogP contribution in [0.5, 0.6) is 0 Å². The van der Waals surface area contributed by atoms with E-state index in [9.17, 15) is 0 Å². The van der Waals surface area contributed by atoms with E-state index in [4.69, 9.17) is 15.9 Å². The van der Waals surface area contributed by atoms with Crippen LogP contribution in [0.1, 0.15) is 18.2 Å². The average Bonchev–Trinajstić information content (AvgIpc) is 2.36. The fourth-order valence-corrected chi connectivity index (χ4v) is 1.17. The molecule has 0 amide bonds.